The second kappa shape index (κ2) is 6.98. The molecule has 0 amide bonds. The van der Waals surface area contributed by atoms with E-state index in [1.165, 1.54) is 31.6 Å². The van der Waals surface area contributed by atoms with Crippen LogP contribution in [0.2, 0.25) is 0 Å². The Morgan fingerprint density at radius 2 is 1.68 bits per heavy atom. The van der Waals surface area contributed by atoms with E-state index in [1.54, 1.807) is 0 Å². The van der Waals surface area contributed by atoms with Crippen molar-refractivity contribution in [3.63, 3.8) is 0 Å². The van der Waals surface area contributed by atoms with Crippen LogP contribution in [0.4, 0.5) is 0 Å². The molecular weight excluding hydrogens is 254 g/mol. The number of nitrogens with two attached hydrogens (primary N) is 1. The lowest BCUT2D eigenvalue weighted by atomic mass is 10.1. The molecule has 1 fully saturated rings. The van der Waals surface area contributed by atoms with Crippen molar-refractivity contribution in [3.05, 3.63) is 35.4 Å². The van der Waals surface area contributed by atoms with Crippen LogP contribution in [0.1, 0.15) is 24.5 Å². The molecule has 1 heterocycles. The third-order valence-electron chi connectivity index (χ3n) is 3.65. The molecule has 19 heavy (non-hydrogen) atoms. The van der Waals surface area contributed by atoms with Crippen molar-refractivity contribution in [1.29, 1.82) is 0 Å². The molecule has 0 aromatic heterocycles. The Morgan fingerprint density at radius 1 is 1.11 bits per heavy atom. The van der Waals surface area contributed by atoms with E-state index in [4.69, 9.17) is 18.0 Å². The smallest absolute Gasteiger partial charge is 0.103 e. The summed E-state index contributed by atoms with van der Waals surface area (Å²) in [5, 5.41) is 0. The summed E-state index contributed by atoms with van der Waals surface area (Å²) in [7, 11) is 0. The van der Waals surface area contributed by atoms with Gasteiger partial charge in [-0.2, -0.15) is 0 Å². The van der Waals surface area contributed by atoms with Gasteiger partial charge in [0.05, 0.1) is 0 Å². The van der Waals surface area contributed by atoms with E-state index in [9.17, 15) is 0 Å². The van der Waals surface area contributed by atoms with Gasteiger partial charge >= 0.3 is 0 Å². The van der Waals surface area contributed by atoms with Gasteiger partial charge in [0.15, 0.2) is 0 Å². The molecule has 0 bridgehead atoms. The summed E-state index contributed by atoms with van der Waals surface area (Å²) in [4.78, 5) is 5.54. The van der Waals surface area contributed by atoms with E-state index in [0.717, 1.165) is 25.2 Å². The molecular formula is C15H23N3S. The summed E-state index contributed by atoms with van der Waals surface area (Å²) in [5.74, 6) is 0. The van der Waals surface area contributed by atoms with Crippen LogP contribution in [0, 0.1) is 0 Å². The highest BCUT2D eigenvalue weighted by Gasteiger charge is 2.15. The summed E-state index contributed by atoms with van der Waals surface area (Å²) in [5.41, 5.74) is 7.89. The highest BCUT2D eigenvalue weighted by atomic mass is 32.1. The molecule has 1 saturated heterocycles. The average Bonchev–Trinajstić information content (AvgIpc) is 2.42. The molecule has 0 unspecified atom stereocenters. The maximum Gasteiger partial charge on any atom is 0.103 e. The van der Waals surface area contributed by atoms with Gasteiger partial charge in [-0.1, -0.05) is 43.4 Å². The molecule has 1 aliphatic heterocycles. The predicted octanol–water partition coefficient (Wildman–Crippen LogP) is 1.85. The van der Waals surface area contributed by atoms with E-state index < -0.39 is 0 Å². The molecule has 0 saturated carbocycles. The summed E-state index contributed by atoms with van der Waals surface area (Å²) < 4.78 is 0. The van der Waals surface area contributed by atoms with Gasteiger partial charge in [-0.25, -0.2) is 0 Å². The zero-order valence-corrected chi connectivity index (χ0v) is 12.5. The van der Waals surface area contributed by atoms with Gasteiger partial charge in [-0.3, -0.25) is 4.90 Å². The largest absolute Gasteiger partial charge is 0.389 e. The van der Waals surface area contributed by atoms with Crippen LogP contribution in [0.15, 0.2) is 24.3 Å². The van der Waals surface area contributed by atoms with E-state index in [-0.39, 0.29) is 0 Å². The minimum Gasteiger partial charge on any atom is -0.389 e. The fourth-order valence-corrected chi connectivity index (χ4v) is 2.66. The molecule has 0 aliphatic carbocycles. The van der Waals surface area contributed by atoms with Gasteiger partial charge in [0, 0.05) is 38.3 Å². The number of hydrogen-bond donors (Lipinski definition) is 1. The third kappa shape index (κ3) is 4.27. The molecule has 1 aliphatic rings. The Hall–Kier alpha value is -0.970. The Morgan fingerprint density at radius 3 is 2.21 bits per heavy atom. The first-order valence-corrected chi connectivity index (χ1v) is 7.43. The summed E-state index contributed by atoms with van der Waals surface area (Å²) in [6.07, 6.45) is 1.25. The van der Waals surface area contributed by atoms with E-state index in [1.807, 2.05) is 12.1 Å². The monoisotopic (exact) mass is 277 g/mol. The van der Waals surface area contributed by atoms with Gasteiger partial charge in [0.2, 0.25) is 0 Å². The first-order chi connectivity index (χ1) is 9.19. The Bertz CT molecular complexity index is 408. The normalized spacial score (nSPS) is 17.5. The predicted molar refractivity (Wildman–Crippen MR) is 84.3 cm³/mol. The fourth-order valence-electron chi connectivity index (χ4n) is 2.52. The van der Waals surface area contributed by atoms with Crippen LogP contribution in [0.5, 0.6) is 0 Å². The van der Waals surface area contributed by atoms with Crippen molar-refractivity contribution < 1.29 is 0 Å². The summed E-state index contributed by atoms with van der Waals surface area (Å²) >= 11 is 4.97. The Labute approximate surface area is 121 Å². The second-order valence-corrected chi connectivity index (χ2v) is 5.62. The van der Waals surface area contributed by atoms with Gasteiger partial charge in [0.1, 0.15) is 4.99 Å². The first kappa shape index (κ1) is 14.4. The zero-order valence-electron chi connectivity index (χ0n) is 11.6. The molecule has 0 atom stereocenters. The lowest BCUT2D eigenvalue weighted by Crippen LogP contribution is -2.45. The lowest BCUT2D eigenvalue weighted by Gasteiger charge is -2.34. The Balaban J connectivity index is 1.83. The second-order valence-electron chi connectivity index (χ2n) is 5.18. The van der Waals surface area contributed by atoms with Crippen molar-refractivity contribution in [3.8, 4) is 0 Å². The van der Waals surface area contributed by atoms with E-state index in [2.05, 4.69) is 28.9 Å². The zero-order chi connectivity index (χ0) is 13.7. The summed E-state index contributed by atoms with van der Waals surface area (Å²) in [6, 6.07) is 8.30. The van der Waals surface area contributed by atoms with Gasteiger partial charge < -0.3 is 10.6 Å². The van der Waals surface area contributed by atoms with Gasteiger partial charge in [-0.05, 0) is 18.5 Å². The van der Waals surface area contributed by atoms with Crippen LogP contribution >= 0.6 is 12.2 Å². The van der Waals surface area contributed by atoms with Gasteiger partial charge in [-0.15, -0.1) is 0 Å². The number of hydrogen-bond acceptors (Lipinski definition) is 3. The molecule has 2 rings (SSSR count). The van der Waals surface area contributed by atoms with Crippen LogP contribution < -0.4 is 5.73 Å². The van der Waals surface area contributed by atoms with Gasteiger partial charge in [0.25, 0.3) is 0 Å². The number of thiocarbonyl (C=S) groups is 1. The quantitative estimate of drug-likeness (QED) is 0.833. The molecule has 0 spiro atoms. The minimum atomic E-state index is 0.472. The van der Waals surface area contributed by atoms with Crippen LogP contribution in [0.3, 0.4) is 0 Å². The number of rotatable bonds is 5. The minimum absolute atomic E-state index is 0.472. The van der Waals surface area contributed by atoms with Crippen LogP contribution in [-0.2, 0) is 6.54 Å². The maximum absolute atomic E-state index is 5.61. The fraction of sp³-hybridized carbons (Fsp3) is 0.533. The highest BCUT2D eigenvalue weighted by molar-refractivity contribution is 7.80. The van der Waals surface area contributed by atoms with Crippen molar-refractivity contribution >= 4 is 17.2 Å². The molecule has 4 heteroatoms. The molecule has 104 valence electrons. The van der Waals surface area contributed by atoms with E-state index >= 15 is 0 Å². The lowest BCUT2D eigenvalue weighted by molar-refractivity contribution is 0.127. The van der Waals surface area contributed by atoms with Crippen LogP contribution in [-0.4, -0.2) is 47.5 Å². The first-order valence-electron chi connectivity index (χ1n) is 7.02. The number of benzene rings is 1. The van der Waals surface area contributed by atoms with Crippen molar-refractivity contribution in [2.24, 2.45) is 5.73 Å². The number of nitrogens with zero attached hydrogens (tertiary/aromatic N) is 2. The van der Waals surface area contributed by atoms with Crippen LogP contribution in [0.25, 0.3) is 0 Å². The van der Waals surface area contributed by atoms with Crippen molar-refractivity contribution in [2.75, 3.05) is 32.7 Å². The van der Waals surface area contributed by atoms with Crippen molar-refractivity contribution in [1.82, 2.24) is 9.80 Å². The molecule has 0 radical (unpaired) electrons. The molecule has 2 N–H and O–H groups in total. The average molecular weight is 277 g/mol. The molecule has 1 aromatic carbocycles. The third-order valence-corrected chi connectivity index (χ3v) is 3.89. The molecule has 1 aromatic rings. The topological polar surface area (TPSA) is 32.5 Å². The highest BCUT2D eigenvalue weighted by Crippen LogP contribution is 2.10. The van der Waals surface area contributed by atoms with E-state index in [0.29, 0.717) is 4.99 Å². The van der Waals surface area contributed by atoms with Crippen molar-refractivity contribution in [2.45, 2.75) is 19.9 Å². The summed E-state index contributed by atoms with van der Waals surface area (Å²) in [6.45, 7) is 9.22. The maximum atomic E-state index is 5.61. The number of piperazine rings is 1. The Kier molecular flexibility index (Phi) is 5.31. The standard InChI is InChI=1S/C15H23N3S/c1-2-7-17-8-10-18(11-9-17)12-13-3-5-14(6-4-13)15(16)19/h3-6H,2,7-12H2,1H3,(H2,16,19). The SMILES string of the molecule is CCCN1CCN(Cc2ccc(C(N)=S)cc2)CC1. The molecule has 3 nitrogen and oxygen atoms in total.